The smallest absolute Gasteiger partial charge is 0.325 e. The fourth-order valence-corrected chi connectivity index (χ4v) is 3.59. The Morgan fingerprint density at radius 2 is 1.90 bits per heavy atom. The Kier molecular flexibility index (Phi) is 6.23. The second-order valence-electron chi connectivity index (χ2n) is 7.48. The number of halogens is 1. The van der Waals surface area contributed by atoms with Gasteiger partial charge in [0.25, 0.3) is 5.91 Å². The van der Waals surface area contributed by atoms with E-state index >= 15 is 0 Å². The Bertz CT molecular complexity index is 919. The standard InChI is InChI=1S/C22H24ClN3O3/c1-15(17-9-6-10-18(23)13-17)24-19(27)14-26-20(28)22(2,25-21(26)29)12-11-16-7-4-3-5-8-16/h3-10,13,15H,11-12,14H2,1-2H3,(H,24,27)(H,25,29)/t15-,22-/m1/s1. The fraction of sp³-hybridized carbons (Fsp3) is 0.318. The predicted octanol–water partition coefficient (Wildman–Crippen LogP) is 3.46. The maximum atomic E-state index is 12.8. The molecule has 4 amide bonds. The van der Waals surface area contributed by atoms with Gasteiger partial charge in [-0.05, 0) is 49.9 Å². The van der Waals surface area contributed by atoms with E-state index in [1.807, 2.05) is 43.3 Å². The Balaban J connectivity index is 1.59. The number of urea groups is 1. The van der Waals surface area contributed by atoms with Crippen LogP contribution in [0.5, 0.6) is 0 Å². The van der Waals surface area contributed by atoms with Crippen molar-refractivity contribution in [3.05, 3.63) is 70.7 Å². The number of aryl methyl sites for hydroxylation is 1. The molecule has 1 saturated heterocycles. The van der Waals surface area contributed by atoms with Crippen LogP contribution >= 0.6 is 11.6 Å². The van der Waals surface area contributed by atoms with Gasteiger partial charge in [-0.1, -0.05) is 54.1 Å². The minimum Gasteiger partial charge on any atom is -0.348 e. The van der Waals surface area contributed by atoms with Crippen LogP contribution in [0.25, 0.3) is 0 Å². The topological polar surface area (TPSA) is 78.5 Å². The molecular formula is C22H24ClN3O3. The van der Waals surface area contributed by atoms with Crippen molar-refractivity contribution in [1.82, 2.24) is 15.5 Å². The van der Waals surface area contributed by atoms with Crippen LogP contribution in [0.4, 0.5) is 4.79 Å². The highest BCUT2D eigenvalue weighted by atomic mass is 35.5. The number of benzene rings is 2. The molecule has 0 aliphatic carbocycles. The lowest BCUT2D eigenvalue weighted by molar-refractivity contribution is -0.134. The highest BCUT2D eigenvalue weighted by molar-refractivity contribution is 6.30. The van der Waals surface area contributed by atoms with Crippen LogP contribution in [0.1, 0.15) is 37.4 Å². The Morgan fingerprint density at radius 1 is 1.17 bits per heavy atom. The molecule has 2 aromatic rings. The highest BCUT2D eigenvalue weighted by Gasteiger charge is 2.47. The van der Waals surface area contributed by atoms with E-state index in [1.165, 1.54) is 0 Å². The van der Waals surface area contributed by atoms with Crippen LogP contribution in [0.3, 0.4) is 0 Å². The molecule has 1 fully saturated rings. The van der Waals surface area contributed by atoms with Gasteiger partial charge in [0.2, 0.25) is 5.91 Å². The van der Waals surface area contributed by atoms with Gasteiger partial charge in [0.1, 0.15) is 12.1 Å². The van der Waals surface area contributed by atoms with Crippen molar-refractivity contribution in [3.63, 3.8) is 0 Å². The summed E-state index contributed by atoms with van der Waals surface area (Å²) in [5, 5.41) is 6.12. The van der Waals surface area contributed by atoms with Gasteiger partial charge in [0.15, 0.2) is 0 Å². The average molecular weight is 414 g/mol. The number of rotatable bonds is 7. The van der Waals surface area contributed by atoms with Gasteiger partial charge in [-0.3, -0.25) is 14.5 Å². The first-order valence-electron chi connectivity index (χ1n) is 9.51. The van der Waals surface area contributed by atoms with E-state index in [1.54, 1.807) is 25.1 Å². The third kappa shape index (κ3) is 4.95. The van der Waals surface area contributed by atoms with Gasteiger partial charge in [-0.2, -0.15) is 0 Å². The number of hydrogen-bond acceptors (Lipinski definition) is 3. The van der Waals surface area contributed by atoms with Gasteiger partial charge in [0, 0.05) is 5.02 Å². The summed E-state index contributed by atoms with van der Waals surface area (Å²) in [4.78, 5) is 38.6. The molecule has 2 aromatic carbocycles. The summed E-state index contributed by atoms with van der Waals surface area (Å²) in [6.07, 6.45) is 1.10. The third-order valence-electron chi connectivity index (χ3n) is 5.13. The molecule has 1 aliphatic heterocycles. The zero-order valence-corrected chi connectivity index (χ0v) is 17.2. The van der Waals surface area contributed by atoms with Crippen LogP contribution in [-0.2, 0) is 16.0 Å². The monoisotopic (exact) mass is 413 g/mol. The molecule has 1 aliphatic rings. The summed E-state index contributed by atoms with van der Waals surface area (Å²) in [5.74, 6) is -0.794. The SMILES string of the molecule is C[C@@H](NC(=O)CN1C(=O)N[C@](C)(CCc2ccccc2)C1=O)c1cccc(Cl)c1. The number of amides is 4. The Hall–Kier alpha value is -2.86. The Labute approximate surface area is 175 Å². The summed E-state index contributed by atoms with van der Waals surface area (Å²) >= 11 is 5.99. The van der Waals surface area contributed by atoms with Gasteiger partial charge in [-0.25, -0.2) is 4.79 Å². The highest BCUT2D eigenvalue weighted by Crippen LogP contribution is 2.23. The van der Waals surface area contributed by atoms with Gasteiger partial charge < -0.3 is 10.6 Å². The summed E-state index contributed by atoms with van der Waals surface area (Å²) in [6, 6.07) is 16.1. The van der Waals surface area contributed by atoms with Crippen LogP contribution in [0.15, 0.2) is 54.6 Å². The number of nitrogens with one attached hydrogen (secondary N) is 2. The molecule has 7 heteroatoms. The lowest BCUT2D eigenvalue weighted by Crippen LogP contribution is -2.45. The summed E-state index contributed by atoms with van der Waals surface area (Å²) in [7, 11) is 0. The molecule has 3 rings (SSSR count). The molecule has 0 radical (unpaired) electrons. The van der Waals surface area contributed by atoms with E-state index in [0.29, 0.717) is 17.9 Å². The largest absolute Gasteiger partial charge is 0.348 e. The third-order valence-corrected chi connectivity index (χ3v) is 5.36. The van der Waals surface area contributed by atoms with Crippen LogP contribution in [0, 0.1) is 0 Å². The second-order valence-corrected chi connectivity index (χ2v) is 7.92. The summed E-state index contributed by atoms with van der Waals surface area (Å²) in [6.45, 7) is 3.19. The predicted molar refractivity (Wildman–Crippen MR) is 111 cm³/mol. The molecule has 29 heavy (non-hydrogen) atoms. The van der Waals surface area contributed by atoms with Crippen LogP contribution < -0.4 is 10.6 Å². The molecule has 0 saturated carbocycles. The average Bonchev–Trinajstić information content (AvgIpc) is 2.90. The molecule has 152 valence electrons. The van der Waals surface area contributed by atoms with E-state index in [9.17, 15) is 14.4 Å². The zero-order chi connectivity index (χ0) is 21.0. The van der Waals surface area contributed by atoms with Crippen molar-refractivity contribution in [3.8, 4) is 0 Å². The summed E-state index contributed by atoms with van der Waals surface area (Å²) < 4.78 is 0. The van der Waals surface area contributed by atoms with Crippen molar-refractivity contribution in [2.24, 2.45) is 0 Å². The van der Waals surface area contributed by atoms with Crippen molar-refractivity contribution in [1.29, 1.82) is 0 Å². The number of nitrogens with zero attached hydrogens (tertiary/aromatic N) is 1. The lowest BCUT2D eigenvalue weighted by atomic mass is 9.93. The maximum absolute atomic E-state index is 12.8. The maximum Gasteiger partial charge on any atom is 0.325 e. The normalized spacial score (nSPS) is 19.8. The number of hydrogen-bond donors (Lipinski definition) is 2. The number of carbonyl (C=O) groups excluding carboxylic acids is 3. The fourth-order valence-electron chi connectivity index (χ4n) is 3.39. The van der Waals surface area contributed by atoms with Crippen LogP contribution in [-0.4, -0.2) is 34.8 Å². The molecular weight excluding hydrogens is 390 g/mol. The molecule has 2 atom stereocenters. The van der Waals surface area contributed by atoms with E-state index < -0.39 is 17.5 Å². The van der Waals surface area contributed by atoms with Crippen molar-refractivity contribution >= 4 is 29.4 Å². The molecule has 0 bridgehead atoms. The Morgan fingerprint density at radius 3 is 2.59 bits per heavy atom. The minimum absolute atomic E-state index is 0.300. The first kappa shape index (κ1) is 20.9. The first-order chi connectivity index (χ1) is 13.8. The molecule has 0 spiro atoms. The van der Waals surface area contributed by atoms with Crippen LogP contribution in [0.2, 0.25) is 5.02 Å². The van der Waals surface area contributed by atoms with Gasteiger partial charge in [0.05, 0.1) is 6.04 Å². The van der Waals surface area contributed by atoms with E-state index in [0.717, 1.165) is 16.0 Å². The molecule has 6 nitrogen and oxygen atoms in total. The molecule has 1 heterocycles. The van der Waals surface area contributed by atoms with E-state index in [2.05, 4.69) is 10.6 Å². The van der Waals surface area contributed by atoms with Crippen molar-refractivity contribution < 1.29 is 14.4 Å². The van der Waals surface area contributed by atoms with Crippen molar-refractivity contribution in [2.75, 3.05) is 6.54 Å². The summed E-state index contributed by atoms with van der Waals surface area (Å²) in [5.41, 5.74) is 0.907. The first-order valence-corrected chi connectivity index (χ1v) is 9.89. The van der Waals surface area contributed by atoms with Gasteiger partial charge >= 0.3 is 6.03 Å². The molecule has 0 aromatic heterocycles. The van der Waals surface area contributed by atoms with Crippen molar-refractivity contribution in [2.45, 2.75) is 38.3 Å². The number of carbonyl (C=O) groups is 3. The second kappa shape index (κ2) is 8.66. The lowest BCUT2D eigenvalue weighted by Gasteiger charge is -2.22. The quantitative estimate of drug-likeness (QED) is 0.682. The van der Waals surface area contributed by atoms with Gasteiger partial charge in [-0.15, -0.1) is 0 Å². The molecule has 2 N–H and O–H groups in total. The van der Waals surface area contributed by atoms with E-state index in [4.69, 9.17) is 11.6 Å². The minimum atomic E-state index is -1.02. The molecule has 0 unspecified atom stereocenters. The van der Waals surface area contributed by atoms with E-state index in [-0.39, 0.29) is 18.5 Å². The number of imide groups is 1. The zero-order valence-electron chi connectivity index (χ0n) is 16.4.